The molecule has 0 saturated carbocycles. The molecule has 0 fully saturated rings. The monoisotopic (exact) mass is 263 g/mol. The third kappa shape index (κ3) is 2.74. The highest BCUT2D eigenvalue weighted by molar-refractivity contribution is 6.31. The molecule has 0 saturated heterocycles. The van der Waals surface area contributed by atoms with E-state index in [1.807, 2.05) is 36.2 Å². The fourth-order valence-corrected chi connectivity index (χ4v) is 1.88. The number of ketones is 1. The minimum Gasteiger partial charge on any atom is -0.437 e. The number of nitrogens with zero attached hydrogens (tertiary/aromatic N) is 1. The molecular weight excluding hydrogens is 250 g/mol. The number of hydrogen-bond donors (Lipinski definition) is 0. The molecule has 0 spiro atoms. The summed E-state index contributed by atoms with van der Waals surface area (Å²) in [5.41, 5.74) is 1.02. The third-order valence-electron chi connectivity index (χ3n) is 2.68. The number of hydrogen-bond acceptors (Lipinski definition) is 3. The van der Waals surface area contributed by atoms with Gasteiger partial charge in [0.05, 0.1) is 0 Å². The molecule has 94 valence electrons. The number of Topliss-reactive ketones (excluding diaryl/α,β-unsaturated/α-hetero) is 1. The molecule has 0 aliphatic heterocycles. The van der Waals surface area contributed by atoms with Crippen molar-refractivity contribution in [1.29, 1.82) is 0 Å². The van der Waals surface area contributed by atoms with Gasteiger partial charge in [-0.05, 0) is 17.7 Å². The number of benzene rings is 1. The van der Waals surface area contributed by atoms with E-state index in [9.17, 15) is 4.79 Å². The maximum Gasteiger partial charge on any atom is 0.196 e. The second-order valence-corrected chi connectivity index (χ2v) is 4.55. The first-order valence-electron chi connectivity index (χ1n) is 5.63. The minimum atomic E-state index is -0.0765. The van der Waals surface area contributed by atoms with Gasteiger partial charge in [0.15, 0.2) is 17.4 Å². The van der Waals surface area contributed by atoms with Crippen LogP contribution in [0.1, 0.15) is 23.0 Å². The molecule has 0 atom stereocenters. The molecule has 0 N–H and O–H groups in total. The van der Waals surface area contributed by atoms with Gasteiger partial charge in [-0.2, -0.15) is 0 Å². The van der Waals surface area contributed by atoms with Gasteiger partial charge in [-0.25, -0.2) is 0 Å². The molecule has 0 unspecified atom stereocenters. The highest BCUT2D eigenvalue weighted by Crippen LogP contribution is 2.22. The van der Waals surface area contributed by atoms with Crippen LogP contribution >= 0.6 is 11.6 Å². The molecule has 2 aromatic rings. The summed E-state index contributed by atoms with van der Waals surface area (Å²) in [6.45, 7) is 2.11. The van der Waals surface area contributed by atoms with Crippen molar-refractivity contribution in [3.63, 3.8) is 0 Å². The molecule has 1 aromatic carbocycles. The van der Waals surface area contributed by atoms with Gasteiger partial charge >= 0.3 is 0 Å². The normalized spacial score (nSPS) is 10.4. The van der Waals surface area contributed by atoms with Crippen LogP contribution in [-0.2, 0) is 6.54 Å². The van der Waals surface area contributed by atoms with E-state index in [1.54, 1.807) is 12.1 Å². The lowest BCUT2D eigenvalue weighted by Gasteiger charge is -2.16. The zero-order valence-electron chi connectivity index (χ0n) is 10.3. The first-order chi connectivity index (χ1) is 8.58. The largest absolute Gasteiger partial charge is 0.437 e. The van der Waals surface area contributed by atoms with E-state index >= 15 is 0 Å². The van der Waals surface area contributed by atoms with Crippen LogP contribution in [0.2, 0.25) is 5.02 Å². The third-order valence-corrected chi connectivity index (χ3v) is 3.05. The van der Waals surface area contributed by atoms with Crippen LogP contribution in [0.25, 0.3) is 0 Å². The van der Waals surface area contributed by atoms with Gasteiger partial charge in [0, 0.05) is 31.6 Å². The molecule has 1 heterocycles. The lowest BCUT2D eigenvalue weighted by molar-refractivity contribution is 0.0988. The average Bonchev–Trinajstić information content (AvgIpc) is 2.81. The van der Waals surface area contributed by atoms with Gasteiger partial charge in [0.1, 0.15) is 0 Å². The summed E-state index contributed by atoms with van der Waals surface area (Å²) < 4.78 is 5.45. The van der Waals surface area contributed by atoms with E-state index in [2.05, 4.69) is 0 Å². The number of furan rings is 1. The van der Waals surface area contributed by atoms with Crippen molar-refractivity contribution in [3.8, 4) is 0 Å². The predicted octanol–water partition coefficient (Wildman–Crippen LogP) is 3.77. The van der Waals surface area contributed by atoms with Crippen LogP contribution in [0.4, 0.5) is 5.88 Å². The highest BCUT2D eigenvalue weighted by Gasteiger charge is 2.11. The summed E-state index contributed by atoms with van der Waals surface area (Å²) >= 11 is 6.10. The molecular formula is C14H14ClNO2. The molecule has 18 heavy (non-hydrogen) atoms. The Labute approximate surface area is 111 Å². The van der Waals surface area contributed by atoms with Crippen molar-refractivity contribution in [1.82, 2.24) is 0 Å². The summed E-state index contributed by atoms with van der Waals surface area (Å²) in [7, 11) is 1.89. The summed E-state index contributed by atoms with van der Waals surface area (Å²) in [6.07, 6.45) is 0. The highest BCUT2D eigenvalue weighted by atomic mass is 35.5. The predicted molar refractivity (Wildman–Crippen MR) is 72.3 cm³/mol. The first kappa shape index (κ1) is 12.7. The molecule has 0 radical (unpaired) electrons. The van der Waals surface area contributed by atoms with E-state index in [4.69, 9.17) is 16.0 Å². The van der Waals surface area contributed by atoms with Crippen molar-refractivity contribution in [2.24, 2.45) is 0 Å². The Bertz CT molecular complexity index is 562. The fraction of sp³-hybridized carbons (Fsp3) is 0.214. The molecule has 0 aliphatic carbocycles. The summed E-state index contributed by atoms with van der Waals surface area (Å²) in [5, 5.41) is 0.725. The van der Waals surface area contributed by atoms with Gasteiger partial charge in [0.25, 0.3) is 0 Å². The number of anilines is 1. The lowest BCUT2D eigenvalue weighted by atomic mass is 10.2. The van der Waals surface area contributed by atoms with Gasteiger partial charge in [-0.3, -0.25) is 4.79 Å². The number of rotatable bonds is 4. The summed E-state index contributed by atoms with van der Waals surface area (Å²) in [4.78, 5) is 13.1. The van der Waals surface area contributed by atoms with Crippen molar-refractivity contribution in [3.05, 3.63) is 52.7 Å². The van der Waals surface area contributed by atoms with Crippen LogP contribution in [-0.4, -0.2) is 12.8 Å². The zero-order chi connectivity index (χ0) is 13.1. The Morgan fingerprint density at radius 1 is 1.28 bits per heavy atom. The van der Waals surface area contributed by atoms with Crippen molar-refractivity contribution >= 4 is 23.3 Å². The van der Waals surface area contributed by atoms with Crippen molar-refractivity contribution in [2.75, 3.05) is 11.9 Å². The topological polar surface area (TPSA) is 33.5 Å². The summed E-state index contributed by atoms with van der Waals surface area (Å²) in [6, 6.07) is 11.1. The van der Waals surface area contributed by atoms with E-state index in [1.165, 1.54) is 6.92 Å². The van der Waals surface area contributed by atoms with E-state index in [0.29, 0.717) is 18.2 Å². The van der Waals surface area contributed by atoms with Crippen molar-refractivity contribution in [2.45, 2.75) is 13.5 Å². The Hall–Kier alpha value is -1.74. The maximum absolute atomic E-state index is 11.2. The van der Waals surface area contributed by atoms with Gasteiger partial charge in [-0.1, -0.05) is 29.8 Å². The Morgan fingerprint density at radius 3 is 2.61 bits per heavy atom. The van der Waals surface area contributed by atoms with E-state index < -0.39 is 0 Å². The quantitative estimate of drug-likeness (QED) is 0.788. The second-order valence-electron chi connectivity index (χ2n) is 4.14. The second kappa shape index (κ2) is 5.27. The smallest absolute Gasteiger partial charge is 0.196 e. The van der Waals surface area contributed by atoms with E-state index in [0.717, 1.165) is 10.6 Å². The molecule has 1 aromatic heterocycles. The van der Waals surface area contributed by atoms with Gasteiger partial charge < -0.3 is 9.32 Å². The van der Waals surface area contributed by atoms with E-state index in [-0.39, 0.29) is 5.78 Å². The first-order valence-corrected chi connectivity index (χ1v) is 6.01. The summed E-state index contributed by atoms with van der Waals surface area (Å²) in [5.74, 6) is 0.948. The maximum atomic E-state index is 11.2. The molecule has 3 nitrogen and oxygen atoms in total. The van der Waals surface area contributed by atoms with Gasteiger partial charge in [-0.15, -0.1) is 0 Å². The number of carbonyl (C=O) groups is 1. The molecule has 0 aliphatic rings. The van der Waals surface area contributed by atoms with Crippen LogP contribution in [0.15, 0.2) is 40.8 Å². The van der Waals surface area contributed by atoms with Gasteiger partial charge in [0.2, 0.25) is 0 Å². The number of halogens is 1. The standard InChI is InChI=1S/C14H14ClNO2/c1-10(17)13-7-8-14(18-13)16(2)9-11-5-3-4-6-12(11)15/h3-8H,9H2,1-2H3. The number of carbonyl (C=O) groups excluding carboxylic acids is 1. The Balaban J connectivity index is 2.14. The zero-order valence-corrected chi connectivity index (χ0v) is 11.1. The Kier molecular flexibility index (Phi) is 3.72. The van der Waals surface area contributed by atoms with Crippen LogP contribution in [0, 0.1) is 0 Å². The molecule has 4 heteroatoms. The average molecular weight is 264 g/mol. The fourth-order valence-electron chi connectivity index (χ4n) is 1.68. The molecule has 0 amide bonds. The molecule has 2 rings (SSSR count). The van der Waals surface area contributed by atoms with Crippen LogP contribution in [0.3, 0.4) is 0 Å². The SMILES string of the molecule is CC(=O)c1ccc(N(C)Cc2ccccc2Cl)o1. The van der Waals surface area contributed by atoms with Crippen LogP contribution < -0.4 is 4.90 Å². The van der Waals surface area contributed by atoms with Crippen molar-refractivity contribution < 1.29 is 9.21 Å². The molecule has 0 bridgehead atoms. The minimum absolute atomic E-state index is 0.0765. The Morgan fingerprint density at radius 2 is 2.00 bits per heavy atom. The lowest BCUT2D eigenvalue weighted by Crippen LogP contribution is -2.15. The van der Waals surface area contributed by atoms with Crippen LogP contribution in [0.5, 0.6) is 0 Å².